The number of rotatable bonds is 8. The number of amides is 2. The Morgan fingerprint density at radius 2 is 1.90 bits per heavy atom. The summed E-state index contributed by atoms with van der Waals surface area (Å²) in [6.45, 7) is 5.37. The predicted molar refractivity (Wildman–Crippen MR) is 74.7 cm³/mol. The summed E-state index contributed by atoms with van der Waals surface area (Å²) >= 11 is 0. The summed E-state index contributed by atoms with van der Waals surface area (Å²) < 4.78 is 5.19. The normalized spacial score (nSPS) is 17.4. The molecular formula is C13H25N3O4. The fourth-order valence-corrected chi connectivity index (χ4v) is 2.13. The molecule has 1 aliphatic heterocycles. The van der Waals surface area contributed by atoms with Gasteiger partial charge in [0.15, 0.2) is 0 Å². The molecule has 0 aromatic carbocycles. The van der Waals surface area contributed by atoms with Crippen molar-refractivity contribution in [1.82, 2.24) is 16.0 Å². The van der Waals surface area contributed by atoms with Crippen molar-refractivity contribution in [3.63, 3.8) is 0 Å². The van der Waals surface area contributed by atoms with E-state index in [0.717, 1.165) is 19.5 Å². The summed E-state index contributed by atoms with van der Waals surface area (Å²) in [4.78, 5) is 23.0. The van der Waals surface area contributed by atoms with E-state index in [1.165, 1.54) is 0 Å². The summed E-state index contributed by atoms with van der Waals surface area (Å²) in [6.07, 6.45) is 1.71. The Morgan fingerprint density at radius 3 is 2.50 bits per heavy atom. The Bertz CT molecular complexity index is 317. The van der Waals surface area contributed by atoms with Crippen LogP contribution in [0.1, 0.15) is 26.2 Å². The highest BCUT2D eigenvalue weighted by Gasteiger charge is 2.40. The average Bonchev–Trinajstić information content (AvgIpc) is 2.46. The predicted octanol–water partition coefficient (Wildman–Crippen LogP) is 0.167. The van der Waals surface area contributed by atoms with E-state index in [1.54, 1.807) is 0 Å². The van der Waals surface area contributed by atoms with Gasteiger partial charge in [0, 0.05) is 26.3 Å². The van der Waals surface area contributed by atoms with Gasteiger partial charge in [-0.3, -0.25) is 4.79 Å². The summed E-state index contributed by atoms with van der Waals surface area (Å²) in [6, 6.07) is -0.311. The van der Waals surface area contributed by atoms with Crippen LogP contribution in [0.4, 0.5) is 4.79 Å². The highest BCUT2D eigenvalue weighted by atomic mass is 16.5. The molecule has 0 aromatic rings. The molecule has 20 heavy (non-hydrogen) atoms. The van der Waals surface area contributed by atoms with Gasteiger partial charge in [-0.15, -0.1) is 0 Å². The molecule has 0 atom stereocenters. The first kappa shape index (κ1) is 16.7. The van der Waals surface area contributed by atoms with Crippen LogP contribution in [-0.4, -0.2) is 56.5 Å². The molecule has 0 bridgehead atoms. The van der Waals surface area contributed by atoms with Crippen LogP contribution in [0.25, 0.3) is 0 Å². The number of carbonyl (C=O) groups is 2. The maximum Gasteiger partial charge on any atom is 0.314 e. The highest BCUT2D eigenvalue weighted by Crippen LogP contribution is 2.29. The molecule has 1 fully saturated rings. The third kappa shape index (κ3) is 5.34. The molecule has 7 nitrogen and oxygen atoms in total. The largest absolute Gasteiger partial charge is 0.481 e. The first-order valence-corrected chi connectivity index (χ1v) is 7.14. The minimum atomic E-state index is -0.890. The van der Waals surface area contributed by atoms with Crippen molar-refractivity contribution < 1.29 is 19.4 Å². The second-order valence-corrected chi connectivity index (χ2v) is 5.01. The summed E-state index contributed by atoms with van der Waals surface area (Å²) in [5.74, 6) is -0.867. The lowest BCUT2D eigenvalue weighted by Crippen LogP contribution is -2.49. The summed E-state index contributed by atoms with van der Waals surface area (Å²) in [7, 11) is 0. The quantitative estimate of drug-likeness (QED) is 0.477. The second-order valence-electron chi connectivity index (χ2n) is 5.01. The highest BCUT2D eigenvalue weighted by molar-refractivity contribution is 5.78. The van der Waals surface area contributed by atoms with E-state index in [4.69, 9.17) is 4.74 Å². The zero-order chi connectivity index (χ0) is 14.8. The number of carboxylic acids is 1. The van der Waals surface area contributed by atoms with E-state index in [9.17, 15) is 14.7 Å². The van der Waals surface area contributed by atoms with E-state index >= 15 is 0 Å². The minimum absolute atomic E-state index is 0.144. The van der Waals surface area contributed by atoms with Gasteiger partial charge in [-0.1, -0.05) is 6.92 Å². The Hall–Kier alpha value is -1.34. The van der Waals surface area contributed by atoms with Crippen LogP contribution in [0, 0.1) is 5.41 Å². The molecule has 116 valence electrons. The van der Waals surface area contributed by atoms with Crippen molar-refractivity contribution in [2.75, 3.05) is 39.4 Å². The molecule has 2 amide bonds. The Balaban J connectivity index is 2.25. The van der Waals surface area contributed by atoms with Crippen molar-refractivity contribution in [2.24, 2.45) is 5.41 Å². The van der Waals surface area contributed by atoms with Crippen molar-refractivity contribution in [2.45, 2.75) is 26.2 Å². The summed E-state index contributed by atoms with van der Waals surface area (Å²) in [5, 5.41) is 17.9. The van der Waals surface area contributed by atoms with Gasteiger partial charge in [0.1, 0.15) is 0 Å². The van der Waals surface area contributed by atoms with Gasteiger partial charge < -0.3 is 25.8 Å². The number of aliphatic carboxylic acids is 1. The molecule has 0 aliphatic carbocycles. The Kier molecular flexibility index (Phi) is 7.32. The maximum atomic E-state index is 11.6. The smallest absolute Gasteiger partial charge is 0.314 e. The van der Waals surface area contributed by atoms with Crippen molar-refractivity contribution in [3.05, 3.63) is 0 Å². The van der Waals surface area contributed by atoms with Gasteiger partial charge in [-0.05, 0) is 32.4 Å². The molecule has 0 aromatic heterocycles. The molecule has 0 saturated carbocycles. The minimum Gasteiger partial charge on any atom is -0.481 e. The first-order chi connectivity index (χ1) is 9.60. The molecule has 1 saturated heterocycles. The Labute approximate surface area is 119 Å². The van der Waals surface area contributed by atoms with Crippen LogP contribution in [-0.2, 0) is 9.53 Å². The molecule has 7 heteroatoms. The Morgan fingerprint density at radius 1 is 1.20 bits per heavy atom. The molecule has 1 heterocycles. The fourth-order valence-electron chi connectivity index (χ4n) is 2.13. The van der Waals surface area contributed by atoms with Gasteiger partial charge in [0.25, 0.3) is 0 Å². The third-order valence-corrected chi connectivity index (χ3v) is 3.56. The molecule has 1 rings (SSSR count). The molecular weight excluding hydrogens is 262 g/mol. The van der Waals surface area contributed by atoms with E-state index in [0.29, 0.717) is 32.6 Å². The number of nitrogens with one attached hydrogen (secondary N) is 3. The van der Waals surface area contributed by atoms with E-state index in [1.807, 2.05) is 6.92 Å². The zero-order valence-corrected chi connectivity index (χ0v) is 12.0. The molecule has 0 spiro atoms. The van der Waals surface area contributed by atoms with E-state index in [-0.39, 0.29) is 12.6 Å². The van der Waals surface area contributed by atoms with Crippen LogP contribution in [0.3, 0.4) is 0 Å². The zero-order valence-electron chi connectivity index (χ0n) is 12.0. The molecule has 0 unspecified atom stereocenters. The van der Waals surface area contributed by atoms with Crippen LogP contribution >= 0.6 is 0 Å². The van der Waals surface area contributed by atoms with Gasteiger partial charge in [-0.25, -0.2) is 4.79 Å². The topological polar surface area (TPSA) is 99.7 Å². The third-order valence-electron chi connectivity index (χ3n) is 3.56. The number of urea groups is 1. The number of hydrogen-bond donors (Lipinski definition) is 4. The van der Waals surface area contributed by atoms with Gasteiger partial charge in [0.05, 0.1) is 5.41 Å². The van der Waals surface area contributed by atoms with Crippen LogP contribution in [0.2, 0.25) is 0 Å². The summed E-state index contributed by atoms with van der Waals surface area (Å²) in [5.41, 5.74) is -0.890. The van der Waals surface area contributed by atoms with Gasteiger partial charge in [-0.2, -0.15) is 0 Å². The average molecular weight is 287 g/mol. The van der Waals surface area contributed by atoms with Crippen molar-refractivity contribution in [1.29, 1.82) is 0 Å². The molecule has 4 N–H and O–H groups in total. The van der Waals surface area contributed by atoms with Crippen LogP contribution in [0.5, 0.6) is 0 Å². The monoisotopic (exact) mass is 287 g/mol. The van der Waals surface area contributed by atoms with Crippen LogP contribution in [0.15, 0.2) is 0 Å². The number of ether oxygens (including phenoxy) is 1. The second kappa shape index (κ2) is 8.76. The number of carboxylic acid groups (broad SMARTS) is 1. The maximum absolute atomic E-state index is 11.6. The number of hydrogen-bond acceptors (Lipinski definition) is 4. The fraction of sp³-hybridized carbons (Fsp3) is 0.846. The van der Waals surface area contributed by atoms with Crippen molar-refractivity contribution >= 4 is 12.0 Å². The molecule has 1 aliphatic rings. The van der Waals surface area contributed by atoms with Crippen LogP contribution < -0.4 is 16.0 Å². The lowest BCUT2D eigenvalue weighted by Gasteiger charge is -2.33. The SMILES string of the molecule is CCNCCCNC(=O)NCC1(C(=O)O)CCOCC1. The van der Waals surface area contributed by atoms with Crippen molar-refractivity contribution in [3.8, 4) is 0 Å². The standard InChI is InChI=1S/C13H25N3O4/c1-2-14-6-3-7-15-12(19)16-10-13(11(17)18)4-8-20-9-5-13/h14H,2-10H2,1H3,(H,17,18)(H2,15,16,19). The first-order valence-electron chi connectivity index (χ1n) is 7.14. The van der Waals surface area contributed by atoms with E-state index in [2.05, 4.69) is 16.0 Å². The lowest BCUT2D eigenvalue weighted by atomic mass is 9.80. The van der Waals surface area contributed by atoms with Gasteiger partial charge >= 0.3 is 12.0 Å². The van der Waals surface area contributed by atoms with E-state index < -0.39 is 11.4 Å². The van der Waals surface area contributed by atoms with Gasteiger partial charge in [0.2, 0.25) is 0 Å². The number of carbonyl (C=O) groups excluding carboxylic acids is 1. The lowest BCUT2D eigenvalue weighted by molar-refractivity contribution is -0.154. The molecule has 0 radical (unpaired) electrons.